The highest BCUT2D eigenvalue weighted by Crippen LogP contribution is 2.24. The van der Waals surface area contributed by atoms with Gasteiger partial charge in [-0.2, -0.15) is 0 Å². The molecule has 0 heterocycles. The highest BCUT2D eigenvalue weighted by molar-refractivity contribution is 5.90. The Bertz CT molecular complexity index is 249. The lowest BCUT2D eigenvalue weighted by atomic mass is 9.88. The van der Waals surface area contributed by atoms with Gasteiger partial charge in [-0.3, -0.25) is 4.79 Å². The molecule has 0 aromatic carbocycles. The Labute approximate surface area is 93.4 Å². The molecule has 0 spiro atoms. The van der Waals surface area contributed by atoms with Gasteiger partial charge >= 0.3 is 0 Å². The summed E-state index contributed by atoms with van der Waals surface area (Å²) >= 11 is 0. The predicted octanol–water partition coefficient (Wildman–Crippen LogP) is 3.87. The Kier molecular flexibility index (Phi) is 4.57. The van der Waals surface area contributed by atoms with Crippen LogP contribution in [0.2, 0.25) is 0 Å². The maximum absolute atomic E-state index is 11.5. The molecule has 0 aliphatic carbocycles. The van der Waals surface area contributed by atoms with Crippen LogP contribution in [0.15, 0.2) is 11.8 Å². The van der Waals surface area contributed by atoms with Crippen molar-refractivity contribution in [2.24, 2.45) is 10.8 Å². The van der Waals surface area contributed by atoms with Crippen molar-refractivity contribution in [1.82, 2.24) is 0 Å². The van der Waals surface area contributed by atoms with Crippen LogP contribution >= 0.6 is 0 Å². The molecule has 0 radical (unpaired) electrons. The fourth-order valence-corrected chi connectivity index (χ4v) is 1.35. The van der Waals surface area contributed by atoms with Gasteiger partial charge in [0.25, 0.3) is 0 Å². The van der Waals surface area contributed by atoms with Gasteiger partial charge in [-0.05, 0) is 10.8 Å². The number of aliphatic hydroxyl groups excluding tert-OH is 1. The van der Waals surface area contributed by atoms with Gasteiger partial charge in [-0.1, -0.05) is 41.5 Å². The Morgan fingerprint density at radius 1 is 1.00 bits per heavy atom. The van der Waals surface area contributed by atoms with Crippen LogP contribution in [0.5, 0.6) is 0 Å². The van der Waals surface area contributed by atoms with Crippen LogP contribution in [0.4, 0.5) is 0 Å². The van der Waals surface area contributed by atoms with Crippen LogP contribution < -0.4 is 0 Å². The van der Waals surface area contributed by atoms with Crippen molar-refractivity contribution >= 4 is 5.78 Å². The minimum absolute atomic E-state index is 0.00394. The van der Waals surface area contributed by atoms with Crippen LogP contribution in [0.25, 0.3) is 0 Å². The second-order valence-corrected chi connectivity index (χ2v) is 6.58. The van der Waals surface area contributed by atoms with E-state index in [0.717, 1.165) is 0 Å². The van der Waals surface area contributed by atoms with E-state index in [1.807, 2.05) is 41.5 Å². The van der Waals surface area contributed by atoms with E-state index >= 15 is 0 Å². The molecule has 0 rings (SSSR count). The zero-order chi connectivity index (χ0) is 12.3. The van der Waals surface area contributed by atoms with Gasteiger partial charge in [0.15, 0.2) is 5.78 Å². The Hall–Kier alpha value is -0.790. The van der Waals surface area contributed by atoms with Gasteiger partial charge < -0.3 is 5.11 Å². The van der Waals surface area contributed by atoms with Crippen LogP contribution in [0.1, 0.15) is 54.4 Å². The molecular weight excluding hydrogens is 188 g/mol. The van der Waals surface area contributed by atoms with E-state index in [1.165, 1.54) is 6.08 Å². The highest BCUT2D eigenvalue weighted by atomic mass is 16.3. The zero-order valence-electron chi connectivity index (χ0n) is 10.8. The summed E-state index contributed by atoms with van der Waals surface area (Å²) in [6.45, 7) is 12.1. The maximum Gasteiger partial charge on any atom is 0.159 e. The normalized spacial score (nSPS) is 14.1. The summed E-state index contributed by atoms with van der Waals surface area (Å²) in [4.78, 5) is 11.5. The SMILES string of the molecule is CC(C)(C)CC(=O)/C=C(\O)CC(C)(C)C. The summed E-state index contributed by atoms with van der Waals surface area (Å²) < 4.78 is 0. The van der Waals surface area contributed by atoms with Crippen LogP contribution in [0.3, 0.4) is 0 Å². The molecule has 0 unspecified atom stereocenters. The summed E-state index contributed by atoms with van der Waals surface area (Å²) in [6.07, 6.45) is 2.39. The summed E-state index contributed by atoms with van der Waals surface area (Å²) in [6, 6.07) is 0. The molecule has 1 N–H and O–H groups in total. The molecule has 0 fully saturated rings. The molecule has 0 amide bonds. The summed E-state index contributed by atoms with van der Waals surface area (Å²) in [5.41, 5.74) is -0.00179. The minimum atomic E-state index is -0.0183. The summed E-state index contributed by atoms with van der Waals surface area (Å²) in [5, 5.41) is 9.59. The van der Waals surface area contributed by atoms with E-state index in [9.17, 15) is 9.90 Å². The Morgan fingerprint density at radius 2 is 1.40 bits per heavy atom. The predicted molar refractivity (Wildman–Crippen MR) is 63.9 cm³/mol. The van der Waals surface area contributed by atoms with E-state index < -0.39 is 0 Å². The quantitative estimate of drug-likeness (QED) is 0.569. The topological polar surface area (TPSA) is 37.3 Å². The highest BCUT2D eigenvalue weighted by Gasteiger charge is 2.17. The molecule has 88 valence electrons. The van der Waals surface area contributed by atoms with E-state index in [4.69, 9.17) is 0 Å². The van der Waals surface area contributed by atoms with Crippen molar-refractivity contribution in [3.05, 3.63) is 11.8 Å². The van der Waals surface area contributed by atoms with Gasteiger partial charge in [0, 0.05) is 18.9 Å². The Balaban J connectivity index is 4.31. The lowest BCUT2D eigenvalue weighted by molar-refractivity contribution is -0.116. The standard InChI is InChI=1S/C13H24O2/c1-12(2,3)8-10(14)7-11(15)9-13(4,5)6/h7,14H,8-9H2,1-6H3/b10-7-. The molecule has 0 aromatic rings. The molecule has 15 heavy (non-hydrogen) atoms. The number of aliphatic hydroxyl groups is 1. The molecule has 0 aromatic heterocycles. The number of ketones is 1. The third kappa shape index (κ3) is 9.51. The molecular formula is C13H24O2. The summed E-state index contributed by atoms with van der Waals surface area (Å²) in [5.74, 6) is 0.195. The first kappa shape index (κ1) is 14.2. The molecule has 0 saturated carbocycles. The number of hydrogen-bond acceptors (Lipinski definition) is 2. The van der Waals surface area contributed by atoms with Gasteiger partial charge in [-0.25, -0.2) is 0 Å². The number of carbonyl (C=O) groups is 1. The van der Waals surface area contributed by atoms with Crippen molar-refractivity contribution < 1.29 is 9.90 Å². The van der Waals surface area contributed by atoms with E-state index in [1.54, 1.807) is 0 Å². The molecule has 0 aliphatic heterocycles. The molecule has 0 saturated heterocycles. The van der Waals surface area contributed by atoms with Gasteiger partial charge in [0.2, 0.25) is 0 Å². The van der Waals surface area contributed by atoms with E-state index in [-0.39, 0.29) is 22.4 Å². The van der Waals surface area contributed by atoms with Gasteiger partial charge in [0.05, 0.1) is 5.76 Å². The zero-order valence-corrected chi connectivity index (χ0v) is 10.8. The fraction of sp³-hybridized carbons (Fsp3) is 0.769. The average Bonchev–Trinajstić information content (AvgIpc) is 1.73. The number of hydrogen-bond donors (Lipinski definition) is 1. The molecule has 2 nitrogen and oxygen atoms in total. The minimum Gasteiger partial charge on any atom is -0.512 e. The van der Waals surface area contributed by atoms with Crippen molar-refractivity contribution in [3.63, 3.8) is 0 Å². The van der Waals surface area contributed by atoms with Crippen molar-refractivity contribution in [1.29, 1.82) is 0 Å². The molecule has 2 heteroatoms. The smallest absolute Gasteiger partial charge is 0.159 e. The lowest BCUT2D eigenvalue weighted by Gasteiger charge is -2.18. The largest absolute Gasteiger partial charge is 0.512 e. The maximum atomic E-state index is 11.5. The molecule has 0 bridgehead atoms. The van der Waals surface area contributed by atoms with Crippen LogP contribution in [0, 0.1) is 10.8 Å². The molecule has 0 aliphatic rings. The summed E-state index contributed by atoms with van der Waals surface area (Å²) in [7, 11) is 0. The van der Waals surface area contributed by atoms with E-state index in [0.29, 0.717) is 12.8 Å². The monoisotopic (exact) mass is 212 g/mol. The fourth-order valence-electron chi connectivity index (χ4n) is 1.35. The Morgan fingerprint density at radius 3 is 1.73 bits per heavy atom. The third-order valence-corrected chi connectivity index (χ3v) is 1.74. The lowest BCUT2D eigenvalue weighted by Crippen LogP contribution is -2.12. The number of carbonyl (C=O) groups excluding carboxylic acids is 1. The van der Waals surface area contributed by atoms with E-state index in [2.05, 4.69) is 0 Å². The number of allylic oxidation sites excluding steroid dienone is 2. The van der Waals surface area contributed by atoms with Crippen LogP contribution in [-0.4, -0.2) is 10.9 Å². The van der Waals surface area contributed by atoms with Gasteiger partial charge in [0.1, 0.15) is 0 Å². The second-order valence-electron chi connectivity index (χ2n) is 6.58. The van der Waals surface area contributed by atoms with Crippen molar-refractivity contribution in [3.8, 4) is 0 Å². The molecule has 0 atom stereocenters. The number of rotatable bonds is 3. The first-order valence-corrected chi connectivity index (χ1v) is 5.42. The first-order valence-electron chi connectivity index (χ1n) is 5.42. The first-order chi connectivity index (χ1) is 6.49. The van der Waals surface area contributed by atoms with Gasteiger partial charge in [-0.15, -0.1) is 0 Å². The average molecular weight is 212 g/mol. The van der Waals surface area contributed by atoms with Crippen molar-refractivity contribution in [2.75, 3.05) is 0 Å². The second kappa shape index (κ2) is 4.82. The third-order valence-electron chi connectivity index (χ3n) is 1.74. The van der Waals surface area contributed by atoms with Crippen molar-refractivity contribution in [2.45, 2.75) is 54.4 Å². The van der Waals surface area contributed by atoms with Crippen LogP contribution in [-0.2, 0) is 4.79 Å².